The van der Waals surface area contributed by atoms with Gasteiger partial charge in [0.05, 0.1) is 6.10 Å². The lowest BCUT2D eigenvalue weighted by Crippen LogP contribution is -2.42. The van der Waals surface area contributed by atoms with Gasteiger partial charge in [-0.2, -0.15) is 0 Å². The molecule has 118 valence electrons. The fourth-order valence-corrected chi connectivity index (χ4v) is 4.10. The molecule has 2 fully saturated rings. The van der Waals surface area contributed by atoms with Crippen LogP contribution in [-0.4, -0.2) is 35.0 Å². The number of nitrogens with one attached hydrogen (secondary N) is 1. The van der Waals surface area contributed by atoms with Gasteiger partial charge in [0.2, 0.25) is 0 Å². The lowest BCUT2D eigenvalue weighted by molar-refractivity contribution is -0.0230. The molecule has 0 amide bonds. The Hall–Kier alpha value is -1.52. The maximum Gasteiger partial charge on any atom is 0.125 e. The Labute approximate surface area is 131 Å². The number of aliphatic hydroxyl groups excluding tert-OH is 1. The van der Waals surface area contributed by atoms with Crippen molar-refractivity contribution >= 4 is 10.9 Å². The predicted octanol–water partition coefficient (Wildman–Crippen LogP) is 2.22. The van der Waals surface area contributed by atoms with Crippen LogP contribution in [-0.2, 0) is 7.05 Å². The van der Waals surface area contributed by atoms with Gasteiger partial charge in [0.1, 0.15) is 11.9 Å². The summed E-state index contributed by atoms with van der Waals surface area (Å²) in [5.41, 5.74) is 2.46. The number of rotatable bonds is 2. The zero-order valence-corrected chi connectivity index (χ0v) is 13.2. The number of benzene rings is 1. The van der Waals surface area contributed by atoms with Crippen molar-refractivity contribution in [3.63, 3.8) is 0 Å². The molecule has 2 aliphatic rings. The second kappa shape index (κ2) is 5.28. The highest BCUT2D eigenvalue weighted by Crippen LogP contribution is 2.35. The normalized spacial score (nSPS) is 31.4. The molecule has 4 atom stereocenters. The second-order valence-electron chi connectivity index (χ2n) is 6.94. The van der Waals surface area contributed by atoms with E-state index >= 15 is 0 Å². The number of aromatic nitrogens is 1. The second-order valence-corrected chi connectivity index (χ2v) is 6.94. The van der Waals surface area contributed by atoms with Crippen molar-refractivity contribution in [3.05, 3.63) is 30.0 Å². The van der Waals surface area contributed by atoms with Crippen LogP contribution in [0.2, 0.25) is 0 Å². The number of ether oxygens (including phenoxy) is 1. The third kappa shape index (κ3) is 2.31. The topological polar surface area (TPSA) is 46.4 Å². The first-order valence-corrected chi connectivity index (χ1v) is 8.23. The maximum atomic E-state index is 10.4. The Bertz CT molecular complexity index is 694. The summed E-state index contributed by atoms with van der Waals surface area (Å²) in [5, 5.41) is 15.0. The van der Waals surface area contributed by atoms with E-state index in [4.69, 9.17) is 4.74 Å². The number of hydrogen-bond donors (Lipinski definition) is 2. The number of nitrogens with zero attached hydrogens (tertiary/aromatic N) is 1. The number of aryl methyl sites for hydroxylation is 2. The summed E-state index contributed by atoms with van der Waals surface area (Å²) in [5.74, 6) is 2.14. The number of hydrogen-bond acceptors (Lipinski definition) is 3. The van der Waals surface area contributed by atoms with E-state index in [1.54, 1.807) is 0 Å². The Balaban J connectivity index is 1.55. The summed E-state index contributed by atoms with van der Waals surface area (Å²) in [7, 11) is 2.08. The minimum absolute atomic E-state index is 0.0802. The molecule has 4 nitrogen and oxygen atoms in total. The van der Waals surface area contributed by atoms with Crippen molar-refractivity contribution in [1.82, 2.24) is 9.88 Å². The molecular formula is C18H24N2O2. The highest BCUT2D eigenvalue weighted by Gasteiger charge is 2.39. The van der Waals surface area contributed by atoms with Crippen molar-refractivity contribution in [2.75, 3.05) is 13.1 Å². The van der Waals surface area contributed by atoms with Crippen LogP contribution in [0.15, 0.2) is 24.3 Å². The van der Waals surface area contributed by atoms with E-state index in [1.807, 2.05) is 6.07 Å². The van der Waals surface area contributed by atoms with Gasteiger partial charge in [0.25, 0.3) is 0 Å². The molecule has 1 saturated heterocycles. The van der Waals surface area contributed by atoms with Crippen LogP contribution in [0.3, 0.4) is 0 Å². The van der Waals surface area contributed by atoms with Gasteiger partial charge >= 0.3 is 0 Å². The molecule has 2 heterocycles. The SMILES string of the molecule is Cc1cc2cc(O[C@@H]3C[C@@H]4CNC[C@@H]4C[C@H]3O)ccc2n1C. The standard InChI is InChI=1S/C18H24N2O2/c1-11-5-12-6-15(3-4-16(12)20(11)2)22-18-8-14-10-19-9-13(14)7-17(18)21/h3-6,13-14,17-19,21H,7-10H2,1-2H3/t13-,14+,17+,18+/m0/s1. The average molecular weight is 300 g/mol. The zero-order chi connectivity index (χ0) is 15.3. The van der Waals surface area contributed by atoms with Crippen LogP contribution in [0.4, 0.5) is 0 Å². The molecule has 4 heteroatoms. The van der Waals surface area contributed by atoms with Gasteiger partial charge in [0, 0.05) is 23.6 Å². The predicted molar refractivity (Wildman–Crippen MR) is 87.2 cm³/mol. The van der Waals surface area contributed by atoms with Gasteiger partial charge in [-0.1, -0.05) is 0 Å². The molecule has 1 aromatic heterocycles. The van der Waals surface area contributed by atoms with E-state index in [1.165, 1.54) is 16.6 Å². The number of aliphatic hydroxyl groups is 1. The third-order valence-corrected chi connectivity index (χ3v) is 5.53. The van der Waals surface area contributed by atoms with E-state index < -0.39 is 0 Å². The molecular weight excluding hydrogens is 276 g/mol. The smallest absolute Gasteiger partial charge is 0.125 e. The first-order chi connectivity index (χ1) is 10.6. The van der Waals surface area contributed by atoms with Crippen LogP contribution in [0, 0.1) is 18.8 Å². The molecule has 0 radical (unpaired) electrons. The lowest BCUT2D eigenvalue weighted by atomic mass is 9.78. The third-order valence-electron chi connectivity index (χ3n) is 5.53. The maximum absolute atomic E-state index is 10.4. The molecule has 2 aromatic rings. The average Bonchev–Trinajstić information content (AvgIpc) is 3.04. The minimum Gasteiger partial charge on any atom is -0.488 e. The first-order valence-electron chi connectivity index (χ1n) is 8.23. The van der Waals surface area contributed by atoms with E-state index in [-0.39, 0.29) is 12.2 Å². The van der Waals surface area contributed by atoms with Gasteiger partial charge in [0.15, 0.2) is 0 Å². The highest BCUT2D eigenvalue weighted by molar-refractivity contribution is 5.82. The van der Waals surface area contributed by atoms with Crippen LogP contribution < -0.4 is 10.1 Å². The molecule has 22 heavy (non-hydrogen) atoms. The van der Waals surface area contributed by atoms with Crippen LogP contribution in [0.1, 0.15) is 18.5 Å². The Morgan fingerprint density at radius 1 is 1.18 bits per heavy atom. The minimum atomic E-state index is -0.352. The van der Waals surface area contributed by atoms with E-state index in [0.29, 0.717) is 11.8 Å². The number of fused-ring (bicyclic) bond motifs is 2. The van der Waals surface area contributed by atoms with Crippen molar-refractivity contribution in [3.8, 4) is 5.75 Å². The van der Waals surface area contributed by atoms with Crippen molar-refractivity contribution in [2.24, 2.45) is 18.9 Å². The van der Waals surface area contributed by atoms with E-state index in [9.17, 15) is 5.11 Å². The zero-order valence-electron chi connectivity index (χ0n) is 13.2. The molecule has 1 saturated carbocycles. The monoisotopic (exact) mass is 300 g/mol. The van der Waals surface area contributed by atoms with Crippen molar-refractivity contribution in [1.29, 1.82) is 0 Å². The van der Waals surface area contributed by atoms with Gasteiger partial charge in [-0.3, -0.25) is 0 Å². The van der Waals surface area contributed by atoms with E-state index in [2.05, 4.69) is 42.1 Å². The molecule has 4 rings (SSSR count). The summed E-state index contributed by atoms with van der Waals surface area (Å²) in [6, 6.07) is 8.39. The van der Waals surface area contributed by atoms with Gasteiger partial charge in [-0.05, 0) is 69.0 Å². The molecule has 1 aliphatic heterocycles. The fourth-order valence-electron chi connectivity index (χ4n) is 4.10. The van der Waals surface area contributed by atoms with Gasteiger partial charge in [-0.15, -0.1) is 0 Å². The summed E-state index contributed by atoms with van der Waals surface area (Å²) < 4.78 is 8.33. The molecule has 1 aliphatic carbocycles. The Morgan fingerprint density at radius 3 is 2.77 bits per heavy atom. The highest BCUT2D eigenvalue weighted by atomic mass is 16.5. The molecule has 0 unspecified atom stereocenters. The summed E-state index contributed by atoms with van der Waals surface area (Å²) in [6.07, 6.45) is 1.37. The summed E-state index contributed by atoms with van der Waals surface area (Å²) in [6.45, 7) is 4.22. The van der Waals surface area contributed by atoms with E-state index in [0.717, 1.165) is 31.7 Å². The van der Waals surface area contributed by atoms with Crippen LogP contribution in [0.25, 0.3) is 10.9 Å². The van der Waals surface area contributed by atoms with Gasteiger partial charge < -0.3 is 19.7 Å². The Morgan fingerprint density at radius 2 is 1.95 bits per heavy atom. The molecule has 1 aromatic carbocycles. The Kier molecular flexibility index (Phi) is 3.39. The van der Waals surface area contributed by atoms with Gasteiger partial charge in [-0.25, -0.2) is 0 Å². The van der Waals surface area contributed by atoms with Crippen molar-refractivity contribution < 1.29 is 9.84 Å². The van der Waals surface area contributed by atoms with Crippen molar-refractivity contribution in [2.45, 2.75) is 32.0 Å². The summed E-state index contributed by atoms with van der Waals surface area (Å²) in [4.78, 5) is 0. The summed E-state index contributed by atoms with van der Waals surface area (Å²) >= 11 is 0. The fraction of sp³-hybridized carbons (Fsp3) is 0.556. The lowest BCUT2D eigenvalue weighted by Gasteiger charge is -2.35. The van der Waals surface area contributed by atoms with Crippen LogP contribution >= 0.6 is 0 Å². The molecule has 2 N–H and O–H groups in total. The quantitative estimate of drug-likeness (QED) is 0.894. The van der Waals surface area contributed by atoms with Crippen LogP contribution in [0.5, 0.6) is 5.75 Å². The largest absolute Gasteiger partial charge is 0.488 e. The molecule has 0 bridgehead atoms. The molecule has 0 spiro atoms. The first kappa shape index (κ1) is 14.1.